The number of hydrogen-bond acceptors (Lipinski definition) is 4. The minimum Gasteiger partial charge on any atom is -0.409 e. The van der Waals surface area contributed by atoms with Crippen LogP contribution >= 0.6 is 0 Å². The smallest absolute Gasteiger partial charge is 0.156 e. The molecule has 72 valence electrons. The van der Waals surface area contributed by atoms with Crippen LogP contribution < -0.4 is 11.1 Å². The molecule has 4 N–H and O–H groups in total. The van der Waals surface area contributed by atoms with E-state index in [1.807, 2.05) is 21.0 Å². The summed E-state index contributed by atoms with van der Waals surface area (Å²) in [4.78, 5) is 2.06. The second-order valence-corrected chi connectivity index (χ2v) is 3.00. The Morgan fingerprint density at radius 1 is 1.67 bits per heavy atom. The number of nitrogens with zero attached hydrogens (tertiary/aromatic N) is 2. The van der Waals surface area contributed by atoms with Crippen LogP contribution in [-0.2, 0) is 0 Å². The topological polar surface area (TPSA) is 73.9 Å². The van der Waals surface area contributed by atoms with Gasteiger partial charge in [-0.3, -0.25) is 0 Å². The molecule has 5 heteroatoms. The van der Waals surface area contributed by atoms with Gasteiger partial charge in [0.15, 0.2) is 5.84 Å². The van der Waals surface area contributed by atoms with Gasteiger partial charge in [0.05, 0.1) is 6.04 Å². The van der Waals surface area contributed by atoms with Gasteiger partial charge in [-0.1, -0.05) is 5.16 Å². The molecule has 0 radical (unpaired) electrons. The van der Waals surface area contributed by atoms with Gasteiger partial charge in [-0.2, -0.15) is 0 Å². The van der Waals surface area contributed by atoms with Gasteiger partial charge in [-0.05, 0) is 21.0 Å². The fraction of sp³-hybridized carbons (Fsp3) is 0.857. The Balaban J connectivity index is 3.51. The van der Waals surface area contributed by atoms with E-state index < -0.39 is 0 Å². The molecule has 0 bridgehead atoms. The number of hydrogen-bond donors (Lipinski definition) is 3. The van der Waals surface area contributed by atoms with Crippen LogP contribution in [0.3, 0.4) is 0 Å². The Morgan fingerprint density at radius 3 is 2.67 bits per heavy atom. The number of likely N-dealkylation sites (N-methyl/N-ethyl adjacent to an activating group) is 1. The minimum atomic E-state index is -0.0741. The molecule has 0 rings (SSSR count). The SMILES string of the molecule is CC(NCCN(C)C)C(N)=NO. The zero-order valence-corrected chi connectivity index (χ0v) is 7.91. The van der Waals surface area contributed by atoms with Gasteiger partial charge in [0.1, 0.15) is 0 Å². The summed E-state index contributed by atoms with van der Waals surface area (Å²) < 4.78 is 0. The molecule has 1 atom stereocenters. The first-order valence-corrected chi connectivity index (χ1v) is 3.93. The van der Waals surface area contributed by atoms with Crippen LogP contribution in [0.5, 0.6) is 0 Å². The fourth-order valence-corrected chi connectivity index (χ4v) is 0.696. The predicted molar refractivity (Wildman–Crippen MR) is 49.4 cm³/mol. The van der Waals surface area contributed by atoms with Gasteiger partial charge in [0.25, 0.3) is 0 Å². The number of nitrogens with one attached hydrogen (secondary N) is 1. The van der Waals surface area contributed by atoms with E-state index in [2.05, 4.69) is 15.4 Å². The van der Waals surface area contributed by atoms with E-state index >= 15 is 0 Å². The molecular weight excluding hydrogens is 156 g/mol. The van der Waals surface area contributed by atoms with E-state index in [0.717, 1.165) is 13.1 Å². The van der Waals surface area contributed by atoms with Crippen LogP contribution in [0.4, 0.5) is 0 Å². The lowest BCUT2D eigenvalue weighted by Gasteiger charge is -2.14. The first-order chi connectivity index (χ1) is 5.57. The van der Waals surface area contributed by atoms with E-state index in [9.17, 15) is 0 Å². The summed E-state index contributed by atoms with van der Waals surface area (Å²) in [6.45, 7) is 3.61. The van der Waals surface area contributed by atoms with Crippen molar-refractivity contribution < 1.29 is 5.21 Å². The van der Waals surface area contributed by atoms with Crippen molar-refractivity contribution in [3.63, 3.8) is 0 Å². The molecule has 0 spiro atoms. The first-order valence-electron chi connectivity index (χ1n) is 3.93. The van der Waals surface area contributed by atoms with E-state index in [1.165, 1.54) is 0 Å². The van der Waals surface area contributed by atoms with E-state index in [4.69, 9.17) is 10.9 Å². The highest BCUT2D eigenvalue weighted by atomic mass is 16.4. The van der Waals surface area contributed by atoms with Crippen LogP contribution in [0.25, 0.3) is 0 Å². The largest absolute Gasteiger partial charge is 0.409 e. The maximum Gasteiger partial charge on any atom is 0.156 e. The number of oxime groups is 1. The molecular formula is C7H18N4O. The first kappa shape index (κ1) is 11.2. The highest BCUT2D eigenvalue weighted by Crippen LogP contribution is 1.81. The maximum atomic E-state index is 8.33. The zero-order valence-electron chi connectivity index (χ0n) is 7.91. The van der Waals surface area contributed by atoms with Gasteiger partial charge >= 0.3 is 0 Å². The van der Waals surface area contributed by atoms with Crippen LogP contribution in [-0.4, -0.2) is 49.2 Å². The fourth-order valence-electron chi connectivity index (χ4n) is 0.696. The molecule has 0 aromatic rings. The predicted octanol–water partition coefficient (Wildman–Crippen LogP) is -0.727. The summed E-state index contributed by atoms with van der Waals surface area (Å²) in [6, 6.07) is -0.0741. The van der Waals surface area contributed by atoms with Crippen molar-refractivity contribution in [3.8, 4) is 0 Å². The molecule has 5 nitrogen and oxygen atoms in total. The second kappa shape index (κ2) is 5.79. The summed E-state index contributed by atoms with van der Waals surface area (Å²) in [5.74, 6) is 0.216. The Morgan fingerprint density at radius 2 is 2.25 bits per heavy atom. The zero-order chi connectivity index (χ0) is 9.56. The Hall–Kier alpha value is -0.810. The Bertz CT molecular complexity index is 146. The third-order valence-corrected chi connectivity index (χ3v) is 1.57. The van der Waals surface area contributed by atoms with Crippen molar-refractivity contribution >= 4 is 5.84 Å². The van der Waals surface area contributed by atoms with Gasteiger partial charge in [-0.25, -0.2) is 0 Å². The molecule has 0 aromatic carbocycles. The van der Waals surface area contributed by atoms with E-state index in [0.29, 0.717) is 0 Å². The second-order valence-electron chi connectivity index (χ2n) is 3.00. The van der Waals surface area contributed by atoms with Crippen molar-refractivity contribution in [2.24, 2.45) is 10.9 Å². The van der Waals surface area contributed by atoms with Crippen LogP contribution in [0.2, 0.25) is 0 Å². The number of amidine groups is 1. The van der Waals surface area contributed by atoms with Gasteiger partial charge in [0.2, 0.25) is 0 Å². The molecule has 1 unspecified atom stereocenters. The third kappa shape index (κ3) is 4.92. The highest BCUT2D eigenvalue weighted by molar-refractivity contribution is 5.84. The van der Waals surface area contributed by atoms with Gasteiger partial charge in [0, 0.05) is 13.1 Å². The van der Waals surface area contributed by atoms with Gasteiger partial charge in [-0.15, -0.1) is 0 Å². The average molecular weight is 174 g/mol. The summed E-state index contributed by atoms with van der Waals surface area (Å²) in [5, 5.41) is 14.3. The minimum absolute atomic E-state index is 0.0741. The summed E-state index contributed by atoms with van der Waals surface area (Å²) >= 11 is 0. The van der Waals surface area contributed by atoms with Crippen molar-refractivity contribution in [2.75, 3.05) is 27.2 Å². The van der Waals surface area contributed by atoms with Crippen molar-refractivity contribution in [1.82, 2.24) is 10.2 Å². The third-order valence-electron chi connectivity index (χ3n) is 1.57. The van der Waals surface area contributed by atoms with Crippen molar-refractivity contribution in [2.45, 2.75) is 13.0 Å². The molecule has 0 saturated carbocycles. The molecule has 0 fully saturated rings. The molecule has 0 aliphatic heterocycles. The Kier molecular flexibility index (Phi) is 5.40. The lowest BCUT2D eigenvalue weighted by atomic mass is 10.3. The monoisotopic (exact) mass is 174 g/mol. The van der Waals surface area contributed by atoms with E-state index in [1.54, 1.807) is 0 Å². The van der Waals surface area contributed by atoms with Crippen molar-refractivity contribution in [1.29, 1.82) is 0 Å². The highest BCUT2D eigenvalue weighted by Gasteiger charge is 2.04. The van der Waals surface area contributed by atoms with Crippen molar-refractivity contribution in [3.05, 3.63) is 0 Å². The van der Waals surface area contributed by atoms with Crippen LogP contribution in [0, 0.1) is 0 Å². The number of nitrogens with two attached hydrogens (primary N) is 1. The lowest BCUT2D eigenvalue weighted by Crippen LogP contribution is -2.41. The standard InChI is InChI=1S/C7H18N4O/c1-6(7(8)10-12)9-4-5-11(2)3/h6,9,12H,4-5H2,1-3H3,(H2,8,10). The molecule has 0 saturated heterocycles. The molecule has 0 amide bonds. The number of rotatable bonds is 5. The molecule has 0 aromatic heterocycles. The van der Waals surface area contributed by atoms with Gasteiger partial charge < -0.3 is 21.2 Å². The molecule has 0 heterocycles. The molecule has 0 aliphatic carbocycles. The normalized spacial score (nSPS) is 15.2. The average Bonchev–Trinajstić information content (AvgIpc) is 2.02. The Labute approximate surface area is 73.2 Å². The summed E-state index contributed by atoms with van der Waals surface area (Å²) in [5.41, 5.74) is 5.36. The maximum absolute atomic E-state index is 8.33. The lowest BCUT2D eigenvalue weighted by molar-refractivity contribution is 0.314. The van der Waals surface area contributed by atoms with Crippen LogP contribution in [0.1, 0.15) is 6.92 Å². The summed E-state index contributed by atoms with van der Waals surface area (Å²) in [6.07, 6.45) is 0. The quantitative estimate of drug-likeness (QED) is 0.222. The van der Waals surface area contributed by atoms with E-state index in [-0.39, 0.29) is 11.9 Å². The molecule has 0 aliphatic rings. The summed E-state index contributed by atoms with van der Waals surface area (Å²) in [7, 11) is 3.99. The van der Waals surface area contributed by atoms with Crippen LogP contribution in [0.15, 0.2) is 5.16 Å². The molecule has 12 heavy (non-hydrogen) atoms.